The molecule has 28 heavy (non-hydrogen) atoms. The van der Waals surface area contributed by atoms with Crippen molar-refractivity contribution in [3.05, 3.63) is 63.6 Å². The zero-order chi connectivity index (χ0) is 19.4. The quantitative estimate of drug-likeness (QED) is 0.599. The second kappa shape index (κ2) is 9.84. The molecule has 4 nitrogen and oxygen atoms in total. The number of likely N-dealkylation sites (tertiary alicyclic amines) is 1. The molecule has 0 bridgehead atoms. The molecule has 0 aliphatic carbocycles. The van der Waals surface area contributed by atoms with E-state index in [1.807, 2.05) is 30.3 Å². The summed E-state index contributed by atoms with van der Waals surface area (Å²) in [4.78, 5) is 15.4. The summed E-state index contributed by atoms with van der Waals surface area (Å²) in [6.45, 7) is 1.86. The number of ether oxygens (including phenoxy) is 2. The van der Waals surface area contributed by atoms with Crippen LogP contribution in [0.4, 0.5) is 0 Å². The first-order valence-electron chi connectivity index (χ1n) is 8.89. The van der Waals surface area contributed by atoms with Crippen LogP contribution in [-0.2, 0) is 21.6 Å². The van der Waals surface area contributed by atoms with E-state index in [0.29, 0.717) is 22.9 Å². The Morgan fingerprint density at radius 2 is 1.71 bits per heavy atom. The molecular formula is C21H24Cl3NO3. The van der Waals surface area contributed by atoms with E-state index in [2.05, 4.69) is 11.9 Å². The van der Waals surface area contributed by atoms with Crippen molar-refractivity contribution in [1.29, 1.82) is 0 Å². The number of esters is 1. The van der Waals surface area contributed by atoms with Crippen LogP contribution < -0.4 is 4.74 Å². The van der Waals surface area contributed by atoms with Crippen LogP contribution in [-0.4, -0.2) is 38.1 Å². The third kappa shape index (κ3) is 4.93. The Morgan fingerprint density at radius 3 is 2.29 bits per heavy atom. The number of hydrogen-bond donors (Lipinski definition) is 0. The third-order valence-corrected chi connectivity index (χ3v) is 5.97. The van der Waals surface area contributed by atoms with E-state index in [1.54, 1.807) is 19.2 Å². The van der Waals surface area contributed by atoms with Crippen LogP contribution in [0, 0.1) is 0 Å². The fraction of sp³-hybridized carbons (Fsp3) is 0.381. The van der Waals surface area contributed by atoms with Crippen molar-refractivity contribution in [2.45, 2.75) is 24.9 Å². The first-order valence-corrected chi connectivity index (χ1v) is 9.64. The van der Waals surface area contributed by atoms with Crippen LogP contribution in [0.5, 0.6) is 5.75 Å². The highest BCUT2D eigenvalue weighted by Gasteiger charge is 2.44. The summed E-state index contributed by atoms with van der Waals surface area (Å²) in [6, 6.07) is 12.9. The number of carbonyl (C=O) groups is 1. The lowest BCUT2D eigenvalue weighted by molar-refractivity contribution is -0.154. The first kappa shape index (κ1) is 22.8. The molecular weight excluding hydrogens is 421 g/mol. The maximum atomic E-state index is 13.2. The number of rotatable bonds is 5. The van der Waals surface area contributed by atoms with Crippen LogP contribution in [0.3, 0.4) is 0 Å². The van der Waals surface area contributed by atoms with Crippen LogP contribution in [0.2, 0.25) is 10.0 Å². The predicted molar refractivity (Wildman–Crippen MR) is 115 cm³/mol. The molecule has 152 valence electrons. The number of benzene rings is 2. The van der Waals surface area contributed by atoms with Crippen LogP contribution >= 0.6 is 35.6 Å². The van der Waals surface area contributed by atoms with Gasteiger partial charge in [-0.2, -0.15) is 0 Å². The molecule has 1 aliphatic rings. The van der Waals surface area contributed by atoms with Crippen LogP contribution in [0.25, 0.3) is 0 Å². The second-order valence-electron chi connectivity index (χ2n) is 6.94. The van der Waals surface area contributed by atoms with Gasteiger partial charge in [-0.25, -0.2) is 0 Å². The molecule has 0 saturated carbocycles. The summed E-state index contributed by atoms with van der Waals surface area (Å²) in [7, 11) is 3.68. The standard InChI is InChI=1S/C21H23Cl2NO3.ClH/c1-24-11-9-21(10-12-24,16-5-8-18(22)19(23)13-16)20(25)27-14-15-3-6-17(26-2)7-4-15;/h3-8,13H,9-12,14H2,1-2H3;1H. The number of halogens is 3. The Morgan fingerprint density at radius 1 is 1.07 bits per heavy atom. The molecule has 3 rings (SSSR count). The monoisotopic (exact) mass is 443 g/mol. The molecule has 0 amide bonds. The van der Waals surface area contributed by atoms with E-state index in [4.69, 9.17) is 32.7 Å². The van der Waals surface area contributed by atoms with Gasteiger partial charge in [-0.3, -0.25) is 4.79 Å². The smallest absolute Gasteiger partial charge is 0.316 e. The zero-order valence-corrected chi connectivity index (χ0v) is 18.2. The van der Waals surface area contributed by atoms with Gasteiger partial charge in [0.2, 0.25) is 0 Å². The Hall–Kier alpha value is -1.46. The van der Waals surface area contributed by atoms with Gasteiger partial charge < -0.3 is 14.4 Å². The number of carbonyl (C=O) groups excluding carboxylic acids is 1. The summed E-state index contributed by atoms with van der Waals surface area (Å²) in [5.74, 6) is 0.553. The molecule has 1 aliphatic heterocycles. The van der Waals surface area contributed by atoms with Crippen molar-refractivity contribution < 1.29 is 14.3 Å². The highest BCUT2D eigenvalue weighted by molar-refractivity contribution is 6.42. The lowest BCUT2D eigenvalue weighted by atomic mass is 9.73. The van der Waals surface area contributed by atoms with E-state index in [9.17, 15) is 4.79 Å². The number of piperidine rings is 1. The molecule has 1 saturated heterocycles. The van der Waals surface area contributed by atoms with Gasteiger partial charge in [0.25, 0.3) is 0 Å². The summed E-state index contributed by atoms with van der Waals surface area (Å²) < 4.78 is 10.9. The molecule has 0 N–H and O–H groups in total. The summed E-state index contributed by atoms with van der Waals surface area (Å²) in [6.07, 6.45) is 1.37. The van der Waals surface area contributed by atoms with Crippen molar-refractivity contribution in [3.8, 4) is 5.75 Å². The number of methoxy groups -OCH3 is 1. The summed E-state index contributed by atoms with van der Waals surface area (Å²) in [5, 5.41) is 0.936. The van der Waals surface area contributed by atoms with E-state index < -0.39 is 5.41 Å². The van der Waals surface area contributed by atoms with Gasteiger partial charge in [0.05, 0.1) is 22.6 Å². The molecule has 2 aromatic carbocycles. The SMILES string of the molecule is COc1ccc(COC(=O)C2(c3ccc(Cl)c(Cl)c3)CCN(C)CC2)cc1.Cl. The Balaban J connectivity index is 0.00000280. The van der Waals surface area contributed by atoms with E-state index in [-0.39, 0.29) is 25.0 Å². The third-order valence-electron chi connectivity index (χ3n) is 5.23. The Kier molecular flexibility index (Phi) is 8.02. The predicted octanol–water partition coefficient (Wildman–Crippen LogP) is 5.13. The first-order chi connectivity index (χ1) is 12.9. The second-order valence-corrected chi connectivity index (χ2v) is 7.75. The van der Waals surface area contributed by atoms with Crippen LogP contribution in [0.15, 0.2) is 42.5 Å². The molecule has 1 fully saturated rings. The molecule has 0 spiro atoms. The topological polar surface area (TPSA) is 38.8 Å². The highest BCUT2D eigenvalue weighted by Crippen LogP contribution is 2.39. The average Bonchev–Trinajstić information content (AvgIpc) is 2.69. The van der Waals surface area contributed by atoms with Gasteiger partial charge in [0.15, 0.2) is 0 Å². The molecule has 0 radical (unpaired) electrons. The maximum Gasteiger partial charge on any atom is 0.316 e. The number of nitrogens with zero attached hydrogens (tertiary/aromatic N) is 1. The van der Waals surface area contributed by atoms with Crippen molar-refractivity contribution in [3.63, 3.8) is 0 Å². The van der Waals surface area contributed by atoms with Gasteiger partial charge in [0, 0.05) is 0 Å². The fourth-order valence-electron chi connectivity index (χ4n) is 3.41. The van der Waals surface area contributed by atoms with Gasteiger partial charge in [-0.1, -0.05) is 41.4 Å². The van der Waals surface area contributed by atoms with Crippen molar-refractivity contribution >= 4 is 41.6 Å². The normalized spacial score (nSPS) is 16.1. The summed E-state index contributed by atoms with van der Waals surface area (Å²) in [5.41, 5.74) is 1.08. The van der Waals surface area contributed by atoms with Gasteiger partial charge in [-0.05, 0) is 68.4 Å². The van der Waals surface area contributed by atoms with E-state index in [0.717, 1.165) is 30.0 Å². The lowest BCUT2D eigenvalue weighted by Gasteiger charge is -2.39. The maximum absolute atomic E-state index is 13.2. The molecule has 7 heteroatoms. The minimum Gasteiger partial charge on any atom is -0.497 e. The highest BCUT2D eigenvalue weighted by atomic mass is 35.5. The van der Waals surface area contributed by atoms with E-state index in [1.165, 1.54) is 0 Å². The lowest BCUT2D eigenvalue weighted by Crippen LogP contribution is -2.47. The van der Waals surface area contributed by atoms with Crippen molar-refractivity contribution in [2.24, 2.45) is 0 Å². The molecule has 2 aromatic rings. The minimum atomic E-state index is -0.701. The largest absolute Gasteiger partial charge is 0.497 e. The Bertz CT molecular complexity index is 803. The van der Waals surface area contributed by atoms with Crippen molar-refractivity contribution in [1.82, 2.24) is 4.90 Å². The van der Waals surface area contributed by atoms with Gasteiger partial charge >= 0.3 is 5.97 Å². The molecule has 1 heterocycles. The van der Waals surface area contributed by atoms with Gasteiger partial charge in [-0.15, -0.1) is 12.4 Å². The zero-order valence-electron chi connectivity index (χ0n) is 15.9. The van der Waals surface area contributed by atoms with E-state index >= 15 is 0 Å². The summed E-state index contributed by atoms with van der Waals surface area (Å²) >= 11 is 12.3. The fourth-order valence-corrected chi connectivity index (χ4v) is 3.71. The number of hydrogen-bond acceptors (Lipinski definition) is 4. The molecule has 0 aromatic heterocycles. The molecule has 0 atom stereocenters. The van der Waals surface area contributed by atoms with Gasteiger partial charge in [0.1, 0.15) is 12.4 Å². The van der Waals surface area contributed by atoms with Crippen LogP contribution in [0.1, 0.15) is 24.0 Å². The molecule has 0 unspecified atom stereocenters. The average molecular weight is 445 g/mol. The van der Waals surface area contributed by atoms with Crippen molar-refractivity contribution in [2.75, 3.05) is 27.2 Å². The minimum absolute atomic E-state index is 0. The Labute approximate surface area is 182 Å².